The molecule has 2 aromatic heterocycles. The van der Waals surface area contributed by atoms with Crippen molar-refractivity contribution in [3.63, 3.8) is 0 Å². The number of aromatic nitrogens is 4. The number of rotatable bonds is 2. The summed E-state index contributed by atoms with van der Waals surface area (Å²) in [7, 11) is 2.03. The van der Waals surface area contributed by atoms with Gasteiger partial charge in [0.15, 0.2) is 0 Å². The average molecular weight is 281 g/mol. The average Bonchev–Trinajstić information content (AvgIpc) is 3.13. The first-order valence-corrected chi connectivity index (χ1v) is 7.49. The fraction of sp³-hybridized carbons (Fsp3) is 0.375. The molecule has 21 heavy (non-hydrogen) atoms. The molecule has 1 fully saturated rings. The lowest BCUT2D eigenvalue weighted by molar-refractivity contribution is 0.474. The third-order valence-corrected chi connectivity index (χ3v) is 4.45. The van der Waals surface area contributed by atoms with Crippen LogP contribution >= 0.6 is 0 Å². The second-order valence-corrected chi connectivity index (χ2v) is 5.72. The van der Waals surface area contributed by atoms with E-state index in [4.69, 9.17) is 4.98 Å². The molecule has 0 saturated carbocycles. The Morgan fingerprint density at radius 2 is 1.95 bits per heavy atom. The van der Waals surface area contributed by atoms with Crippen molar-refractivity contribution in [2.45, 2.75) is 18.8 Å². The number of H-pyrrole nitrogens is 1. The van der Waals surface area contributed by atoms with Gasteiger partial charge in [0.2, 0.25) is 5.95 Å². The van der Waals surface area contributed by atoms with Crippen LogP contribution in [0.4, 0.5) is 5.95 Å². The van der Waals surface area contributed by atoms with E-state index >= 15 is 0 Å². The summed E-state index contributed by atoms with van der Waals surface area (Å²) in [6, 6.07) is 10.3. The molecule has 1 saturated heterocycles. The summed E-state index contributed by atoms with van der Waals surface area (Å²) in [6.45, 7) is 2.07. The second-order valence-electron chi connectivity index (χ2n) is 5.72. The van der Waals surface area contributed by atoms with E-state index in [2.05, 4.69) is 33.2 Å². The van der Waals surface area contributed by atoms with Gasteiger partial charge in [0, 0.05) is 37.9 Å². The normalized spacial score (nSPS) is 16.7. The highest BCUT2D eigenvalue weighted by molar-refractivity contribution is 5.77. The number of benzene rings is 1. The van der Waals surface area contributed by atoms with E-state index in [1.165, 1.54) is 5.69 Å². The molecule has 108 valence electrons. The predicted octanol–water partition coefficient (Wildman–Crippen LogP) is 2.68. The summed E-state index contributed by atoms with van der Waals surface area (Å²) in [5.74, 6) is 1.61. The Morgan fingerprint density at radius 3 is 2.67 bits per heavy atom. The Bertz CT molecular complexity index is 716. The fourth-order valence-corrected chi connectivity index (χ4v) is 3.26. The van der Waals surface area contributed by atoms with Gasteiger partial charge < -0.3 is 9.88 Å². The first-order chi connectivity index (χ1) is 10.3. The third-order valence-electron chi connectivity index (χ3n) is 4.45. The molecule has 5 heteroatoms. The number of nitrogens with zero attached hydrogens (tertiary/aromatic N) is 4. The van der Waals surface area contributed by atoms with Gasteiger partial charge in [-0.3, -0.25) is 4.68 Å². The maximum atomic E-state index is 4.69. The van der Waals surface area contributed by atoms with E-state index in [1.807, 2.05) is 30.1 Å². The zero-order valence-corrected chi connectivity index (χ0v) is 12.2. The molecule has 0 aliphatic carbocycles. The summed E-state index contributed by atoms with van der Waals surface area (Å²) in [4.78, 5) is 10.5. The number of fused-ring (bicyclic) bond motifs is 1. The van der Waals surface area contributed by atoms with Crippen LogP contribution in [-0.2, 0) is 7.05 Å². The predicted molar refractivity (Wildman–Crippen MR) is 83.5 cm³/mol. The van der Waals surface area contributed by atoms with Gasteiger partial charge in [-0.25, -0.2) is 4.98 Å². The van der Waals surface area contributed by atoms with E-state index < -0.39 is 0 Å². The number of hydrogen-bond acceptors (Lipinski definition) is 3. The van der Waals surface area contributed by atoms with Crippen molar-refractivity contribution in [1.29, 1.82) is 0 Å². The van der Waals surface area contributed by atoms with Gasteiger partial charge in [-0.1, -0.05) is 12.1 Å². The van der Waals surface area contributed by atoms with E-state index in [9.17, 15) is 0 Å². The number of aromatic amines is 1. The van der Waals surface area contributed by atoms with E-state index in [1.54, 1.807) is 0 Å². The topological polar surface area (TPSA) is 49.7 Å². The van der Waals surface area contributed by atoms with E-state index in [0.29, 0.717) is 5.92 Å². The Labute approximate surface area is 123 Å². The number of hydrogen-bond donors (Lipinski definition) is 1. The van der Waals surface area contributed by atoms with Crippen LogP contribution in [0.3, 0.4) is 0 Å². The molecule has 1 aromatic carbocycles. The molecule has 5 nitrogen and oxygen atoms in total. The SMILES string of the molecule is Cn1nccc1C1CCN(c2nc3ccccc3[nH]2)CC1. The summed E-state index contributed by atoms with van der Waals surface area (Å²) < 4.78 is 2.00. The molecule has 3 aromatic rings. The van der Waals surface area contributed by atoms with Gasteiger partial charge >= 0.3 is 0 Å². The van der Waals surface area contributed by atoms with Gasteiger partial charge in [-0.05, 0) is 31.0 Å². The lowest BCUT2D eigenvalue weighted by Crippen LogP contribution is -2.34. The van der Waals surface area contributed by atoms with E-state index in [0.717, 1.165) is 42.9 Å². The molecule has 1 aliphatic heterocycles. The summed E-state index contributed by atoms with van der Waals surface area (Å²) in [6.07, 6.45) is 4.19. The number of anilines is 1. The van der Waals surface area contributed by atoms with Crippen LogP contribution in [0.15, 0.2) is 36.5 Å². The Kier molecular flexibility index (Phi) is 2.91. The highest BCUT2D eigenvalue weighted by Crippen LogP contribution is 2.29. The third kappa shape index (κ3) is 2.18. The molecular weight excluding hydrogens is 262 g/mol. The molecule has 0 amide bonds. The largest absolute Gasteiger partial charge is 0.342 e. The lowest BCUT2D eigenvalue weighted by atomic mass is 9.93. The number of aryl methyl sites for hydroxylation is 1. The first-order valence-electron chi connectivity index (χ1n) is 7.49. The van der Waals surface area contributed by atoms with Gasteiger partial charge in [0.05, 0.1) is 11.0 Å². The van der Waals surface area contributed by atoms with Crippen LogP contribution in [0.1, 0.15) is 24.5 Å². The Morgan fingerprint density at radius 1 is 1.14 bits per heavy atom. The molecule has 0 atom stereocenters. The smallest absolute Gasteiger partial charge is 0.203 e. The minimum Gasteiger partial charge on any atom is -0.342 e. The van der Waals surface area contributed by atoms with Crippen molar-refractivity contribution >= 4 is 17.0 Å². The van der Waals surface area contributed by atoms with Gasteiger partial charge in [0.1, 0.15) is 0 Å². The molecule has 1 aliphatic rings. The summed E-state index contributed by atoms with van der Waals surface area (Å²) >= 11 is 0. The molecular formula is C16H19N5. The quantitative estimate of drug-likeness (QED) is 0.785. The van der Waals surface area contributed by atoms with Crippen LogP contribution < -0.4 is 4.90 Å². The molecule has 1 N–H and O–H groups in total. The lowest BCUT2D eigenvalue weighted by Gasteiger charge is -2.31. The maximum absolute atomic E-state index is 4.69. The minimum atomic E-state index is 0.609. The highest BCUT2D eigenvalue weighted by Gasteiger charge is 2.24. The molecule has 0 spiro atoms. The number of nitrogens with one attached hydrogen (secondary N) is 1. The van der Waals surface area contributed by atoms with Crippen LogP contribution in [-0.4, -0.2) is 32.8 Å². The number of imidazole rings is 1. The van der Waals surface area contributed by atoms with Crippen LogP contribution in [0.2, 0.25) is 0 Å². The zero-order chi connectivity index (χ0) is 14.2. The summed E-state index contributed by atoms with van der Waals surface area (Å²) in [5, 5.41) is 4.28. The molecule has 0 bridgehead atoms. The van der Waals surface area contributed by atoms with Crippen molar-refractivity contribution in [2.75, 3.05) is 18.0 Å². The summed E-state index contributed by atoms with van der Waals surface area (Å²) in [5.41, 5.74) is 3.50. The van der Waals surface area contributed by atoms with Crippen molar-refractivity contribution in [3.8, 4) is 0 Å². The van der Waals surface area contributed by atoms with Gasteiger partial charge in [-0.15, -0.1) is 0 Å². The van der Waals surface area contributed by atoms with Gasteiger partial charge in [0.25, 0.3) is 0 Å². The minimum absolute atomic E-state index is 0.609. The number of para-hydroxylation sites is 2. The van der Waals surface area contributed by atoms with Crippen LogP contribution in [0, 0.1) is 0 Å². The monoisotopic (exact) mass is 281 g/mol. The van der Waals surface area contributed by atoms with Crippen LogP contribution in [0.25, 0.3) is 11.0 Å². The second kappa shape index (κ2) is 4.91. The fourth-order valence-electron chi connectivity index (χ4n) is 3.26. The number of piperidine rings is 1. The Balaban J connectivity index is 1.51. The van der Waals surface area contributed by atoms with Gasteiger partial charge in [-0.2, -0.15) is 5.10 Å². The first kappa shape index (κ1) is 12.4. The molecule has 0 radical (unpaired) electrons. The Hall–Kier alpha value is -2.30. The maximum Gasteiger partial charge on any atom is 0.203 e. The molecule has 3 heterocycles. The molecule has 4 rings (SSSR count). The molecule has 0 unspecified atom stereocenters. The standard InChI is InChI=1S/C16H19N5/c1-20-15(6-9-17-20)12-7-10-21(11-8-12)16-18-13-4-2-3-5-14(13)19-16/h2-6,9,12H,7-8,10-11H2,1H3,(H,18,19). The highest BCUT2D eigenvalue weighted by atomic mass is 15.3. The van der Waals surface area contributed by atoms with Crippen molar-refractivity contribution in [3.05, 3.63) is 42.2 Å². The van der Waals surface area contributed by atoms with Crippen molar-refractivity contribution in [2.24, 2.45) is 7.05 Å². The van der Waals surface area contributed by atoms with E-state index in [-0.39, 0.29) is 0 Å². The van der Waals surface area contributed by atoms with Crippen molar-refractivity contribution < 1.29 is 0 Å². The van der Waals surface area contributed by atoms with Crippen molar-refractivity contribution in [1.82, 2.24) is 19.7 Å². The van der Waals surface area contributed by atoms with Crippen LogP contribution in [0.5, 0.6) is 0 Å². The zero-order valence-electron chi connectivity index (χ0n) is 12.2.